The van der Waals surface area contributed by atoms with E-state index in [2.05, 4.69) is 15.3 Å². The third-order valence-electron chi connectivity index (χ3n) is 5.17. The molecular weight excluding hydrogens is 397 g/mol. The lowest BCUT2D eigenvalue weighted by Gasteiger charge is -2.13. The van der Waals surface area contributed by atoms with Gasteiger partial charge >= 0.3 is 0 Å². The van der Waals surface area contributed by atoms with Crippen molar-refractivity contribution in [2.75, 3.05) is 6.54 Å². The normalized spacial score (nSPS) is 14.7. The number of amides is 1. The van der Waals surface area contributed by atoms with Gasteiger partial charge in [0, 0.05) is 35.5 Å². The molecule has 7 heteroatoms. The first-order valence-electron chi connectivity index (χ1n) is 9.86. The number of ether oxygens (including phenoxy) is 1. The molecule has 0 fully saturated rings. The van der Waals surface area contributed by atoms with Crippen molar-refractivity contribution in [1.82, 2.24) is 15.3 Å². The number of benzene rings is 2. The van der Waals surface area contributed by atoms with Crippen LogP contribution in [0.15, 0.2) is 77.7 Å². The van der Waals surface area contributed by atoms with E-state index in [1.807, 2.05) is 24.3 Å². The third-order valence-corrected chi connectivity index (χ3v) is 5.17. The van der Waals surface area contributed by atoms with Gasteiger partial charge in [0.1, 0.15) is 23.4 Å². The molecule has 0 spiro atoms. The van der Waals surface area contributed by atoms with E-state index < -0.39 is 0 Å². The average molecular weight is 415 g/mol. The van der Waals surface area contributed by atoms with E-state index in [9.17, 15) is 9.18 Å². The number of rotatable bonds is 5. The highest BCUT2D eigenvalue weighted by Gasteiger charge is 2.29. The molecule has 31 heavy (non-hydrogen) atoms. The van der Waals surface area contributed by atoms with Crippen molar-refractivity contribution in [3.05, 3.63) is 90.2 Å². The van der Waals surface area contributed by atoms with E-state index in [-0.39, 0.29) is 24.4 Å². The zero-order chi connectivity index (χ0) is 21.2. The summed E-state index contributed by atoms with van der Waals surface area (Å²) in [7, 11) is 0. The molecule has 1 N–H and O–H groups in total. The molecule has 5 rings (SSSR count). The molecule has 1 aliphatic rings. The number of nitrogens with zero attached hydrogens (tertiary/aromatic N) is 2. The van der Waals surface area contributed by atoms with Crippen molar-refractivity contribution in [2.45, 2.75) is 12.5 Å². The number of fused-ring (bicyclic) bond motifs is 1. The Hall–Kier alpha value is -4.00. The summed E-state index contributed by atoms with van der Waals surface area (Å²) < 4.78 is 25.7. The number of nitrogens with one attached hydrogen (secondary N) is 1. The summed E-state index contributed by atoms with van der Waals surface area (Å²) in [5.74, 6) is 1.09. The second kappa shape index (κ2) is 8.02. The van der Waals surface area contributed by atoms with Gasteiger partial charge in [0.05, 0.1) is 18.4 Å². The monoisotopic (exact) mass is 415 g/mol. The smallest absolute Gasteiger partial charge is 0.251 e. The van der Waals surface area contributed by atoms with Crippen LogP contribution in [0.25, 0.3) is 22.7 Å². The topological polar surface area (TPSA) is 77.2 Å². The van der Waals surface area contributed by atoms with Crippen LogP contribution in [0.3, 0.4) is 0 Å². The van der Waals surface area contributed by atoms with Crippen LogP contribution >= 0.6 is 0 Å². The van der Waals surface area contributed by atoms with Gasteiger partial charge < -0.3 is 14.5 Å². The van der Waals surface area contributed by atoms with Crippen LogP contribution in [0.4, 0.5) is 4.39 Å². The lowest BCUT2D eigenvalue weighted by Crippen LogP contribution is -2.34. The van der Waals surface area contributed by atoms with Gasteiger partial charge in [-0.2, -0.15) is 0 Å². The standard InChI is InChI=1S/C24H18FN3O3/c25-20-9-8-18(23-26-10-2-11-27-23)22-19(20)13-17(31-22)14-28-24(29)16-6-4-15(5-7-16)21-3-1-12-30-21/h1-12,17H,13-14H2,(H,28,29). The van der Waals surface area contributed by atoms with Gasteiger partial charge in [-0.1, -0.05) is 12.1 Å². The lowest BCUT2D eigenvalue weighted by atomic mass is 10.0. The molecule has 0 radical (unpaired) electrons. The quantitative estimate of drug-likeness (QED) is 0.527. The van der Waals surface area contributed by atoms with Gasteiger partial charge in [-0.05, 0) is 42.5 Å². The van der Waals surface area contributed by atoms with Crippen molar-refractivity contribution in [1.29, 1.82) is 0 Å². The predicted molar refractivity (Wildman–Crippen MR) is 112 cm³/mol. The molecule has 6 nitrogen and oxygen atoms in total. The summed E-state index contributed by atoms with van der Waals surface area (Å²) >= 11 is 0. The van der Waals surface area contributed by atoms with Gasteiger partial charge in [0.25, 0.3) is 5.91 Å². The Kier molecular flexibility index (Phi) is 4.92. The molecule has 1 aliphatic heterocycles. The van der Waals surface area contributed by atoms with Gasteiger partial charge in [-0.25, -0.2) is 14.4 Å². The summed E-state index contributed by atoms with van der Waals surface area (Å²) in [4.78, 5) is 21.0. The molecule has 1 amide bonds. The highest BCUT2D eigenvalue weighted by molar-refractivity contribution is 5.94. The van der Waals surface area contributed by atoms with Crippen LogP contribution < -0.4 is 10.1 Å². The van der Waals surface area contributed by atoms with Gasteiger partial charge in [0.15, 0.2) is 5.82 Å². The maximum atomic E-state index is 14.4. The lowest BCUT2D eigenvalue weighted by molar-refractivity contribution is 0.0933. The first kappa shape index (κ1) is 19.0. The molecule has 2 aromatic heterocycles. The maximum absolute atomic E-state index is 14.4. The predicted octanol–water partition coefficient (Wildman–Crippen LogP) is 4.28. The highest BCUT2D eigenvalue weighted by Crippen LogP contribution is 2.38. The third kappa shape index (κ3) is 3.77. The summed E-state index contributed by atoms with van der Waals surface area (Å²) in [6, 6.07) is 15.5. The van der Waals surface area contributed by atoms with Crippen molar-refractivity contribution in [2.24, 2.45) is 0 Å². The maximum Gasteiger partial charge on any atom is 0.251 e. The SMILES string of the molecule is O=C(NCC1Cc2c(F)ccc(-c3ncccn3)c2O1)c1ccc(-c2ccco2)cc1. The van der Waals surface area contributed by atoms with Crippen LogP contribution in [0.1, 0.15) is 15.9 Å². The summed E-state index contributed by atoms with van der Waals surface area (Å²) in [5, 5.41) is 2.87. The van der Waals surface area contributed by atoms with E-state index in [1.165, 1.54) is 6.07 Å². The number of hydrogen-bond donors (Lipinski definition) is 1. The fraction of sp³-hybridized carbons (Fsp3) is 0.125. The van der Waals surface area contributed by atoms with Gasteiger partial charge in [0.2, 0.25) is 0 Å². The second-order valence-electron chi connectivity index (χ2n) is 7.18. The van der Waals surface area contributed by atoms with E-state index in [1.54, 1.807) is 42.9 Å². The molecule has 154 valence electrons. The zero-order valence-electron chi connectivity index (χ0n) is 16.4. The summed E-state index contributed by atoms with van der Waals surface area (Å²) in [6.07, 6.45) is 4.84. The number of carbonyl (C=O) groups is 1. The van der Waals surface area contributed by atoms with Crippen LogP contribution in [0, 0.1) is 5.82 Å². The number of hydrogen-bond acceptors (Lipinski definition) is 5. The minimum absolute atomic E-state index is 0.224. The van der Waals surface area contributed by atoms with Crippen LogP contribution in [-0.2, 0) is 6.42 Å². The molecule has 0 bridgehead atoms. The van der Waals surface area contributed by atoms with Crippen molar-refractivity contribution in [3.63, 3.8) is 0 Å². The fourth-order valence-electron chi connectivity index (χ4n) is 3.63. The molecule has 1 unspecified atom stereocenters. The zero-order valence-corrected chi connectivity index (χ0v) is 16.4. The molecule has 3 heterocycles. The van der Waals surface area contributed by atoms with E-state index >= 15 is 0 Å². The molecule has 4 aromatic rings. The number of halogens is 1. The first-order valence-corrected chi connectivity index (χ1v) is 9.86. The Bertz CT molecular complexity index is 1210. The van der Waals surface area contributed by atoms with Gasteiger partial charge in [-0.15, -0.1) is 0 Å². The van der Waals surface area contributed by atoms with Gasteiger partial charge in [-0.3, -0.25) is 4.79 Å². The highest BCUT2D eigenvalue weighted by atomic mass is 19.1. The molecular formula is C24H18FN3O3. The van der Waals surface area contributed by atoms with E-state index in [0.717, 1.165) is 11.3 Å². The van der Waals surface area contributed by atoms with Crippen LogP contribution in [0.2, 0.25) is 0 Å². The Morgan fingerprint density at radius 3 is 2.61 bits per heavy atom. The average Bonchev–Trinajstić information content (AvgIpc) is 3.49. The van der Waals surface area contributed by atoms with Crippen molar-refractivity contribution < 1.29 is 18.3 Å². The van der Waals surface area contributed by atoms with E-state index in [0.29, 0.717) is 34.7 Å². The number of carbonyl (C=O) groups excluding carboxylic acids is 1. The molecule has 0 saturated heterocycles. The second-order valence-corrected chi connectivity index (χ2v) is 7.18. The number of aromatic nitrogens is 2. The molecule has 0 aliphatic carbocycles. The largest absolute Gasteiger partial charge is 0.487 e. The Morgan fingerprint density at radius 2 is 1.87 bits per heavy atom. The number of furan rings is 1. The van der Waals surface area contributed by atoms with Crippen molar-refractivity contribution >= 4 is 5.91 Å². The minimum atomic E-state index is -0.374. The van der Waals surface area contributed by atoms with Crippen molar-refractivity contribution in [3.8, 4) is 28.5 Å². The fourth-order valence-corrected chi connectivity index (χ4v) is 3.63. The first-order chi connectivity index (χ1) is 15.2. The van der Waals surface area contributed by atoms with Crippen LogP contribution in [0.5, 0.6) is 5.75 Å². The Labute approximate surface area is 177 Å². The molecule has 2 aromatic carbocycles. The van der Waals surface area contributed by atoms with E-state index in [4.69, 9.17) is 9.15 Å². The Morgan fingerprint density at radius 1 is 1.06 bits per heavy atom. The summed E-state index contributed by atoms with van der Waals surface area (Å²) in [5.41, 5.74) is 2.53. The molecule has 1 atom stereocenters. The molecule has 0 saturated carbocycles. The minimum Gasteiger partial charge on any atom is -0.487 e. The Balaban J connectivity index is 1.26. The van der Waals surface area contributed by atoms with Crippen LogP contribution in [-0.4, -0.2) is 28.5 Å². The summed E-state index contributed by atoms with van der Waals surface area (Å²) in [6.45, 7) is 0.252.